The Morgan fingerprint density at radius 1 is 1.32 bits per heavy atom. The van der Waals surface area contributed by atoms with Gasteiger partial charge in [0.1, 0.15) is 5.75 Å². The molecule has 1 amide bonds. The summed E-state index contributed by atoms with van der Waals surface area (Å²) in [4.78, 5) is 15.1. The van der Waals surface area contributed by atoms with Crippen LogP contribution in [-0.2, 0) is 4.79 Å². The van der Waals surface area contributed by atoms with Gasteiger partial charge < -0.3 is 15.4 Å². The van der Waals surface area contributed by atoms with E-state index in [1.807, 2.05) is 36.1 Å². The summed E-state index contributed by atoms with van der Waals surface area (Å²) < 4.78 is 5.67. The summed E-state index contributed by atoms with van der Waals surface area (Å²) in [5.74, 6) is 1.01. The lowest BCUT2D eigenvalue weighted by Gasteiger charge is -2.40. The molecule has 0 radical (unpaired) electrons. The first-order valence-electron chi connectivity index (χ1n) is 7.96. The van der Waals surface area contributed by atoms with Gasteiger partial charge in [0.15, 0.2) is 0 Å². The molecule has 1 aromatic rings. The van der Waals surface area contributed by atoms with Crippen LogP contribution >= 0.6 is 12.4 Å². The number of hydrogen-bond donors (Lipinski definition) is 1. The summed E-state index contributed by atoms with van der Waals surface area (Å²) in [5, 5.41) is 0. The van der Waals surface area contributed by atoms with Crippen molar-refractivity contribution >= 4 is 18.3 Å². The van der Waals surface area contributed by atoms with E-state index in [1.54, 1.807) is 0 Å². The monoisotopic (exact) mass is 324 g/mol. The Morgan fingerprint density at radius 2 is 2.09 bits per heavy atom. The second-order valence-electron chi connectivity index (χ2n) is 6.18. The fraction of sp³-hybridized carbons (Fsp3) is 0.588. The molecule has 4 nitrogen and oxygen atoms in total. The third-order valence-electron chi connectivity index (χ3n) is 4.70. The zero-order valence-electron chi connectivity index (χ0n) is 13.0. The molecular formula is C17H25ClN2O2. The van der Waals surface area contributed by atoms with Gasteiger partial charge in [0.25, 0.3) is 0 Å². The Bertz CT molecular complexity index is 521. The van der Waals surface area contributed by atoms with Crippen LogP contribution < -0.4 is 10.5 Å². The number of piperidine rings is 1. The molecule has 1 saturated heterocycles. The van der Waals surface area contributed by atoms with Crippen molar-refractivity contribution < 1.29 is 9.53 Å². The van der Waals surface area contributed by atoms with E-state index in [0.717, 1.165) is 37.1 Å². The van der Waals surface area contributed by atoms with Crippen LogP contribution in [0.15, 0.2) is 24.3 Å². The highest BCUT2D eigenvalue weighted by molar-refractivity contribution is 5.85. The largest absolute Gasteiger partial charge is 0.493 e. The van der Waals surface area contributed by atoms with Crippen LogP contribution in [0.4, 0.5) is 0 Å². The molecule has 2 aliphatic heterocycles. The smallest absolute Gasteiger partial charge is 0.230 e. The number of amides is 1. The zero-order chi connectivity index (χ0) is 14.8. The number of halogens is 1. The number of benzene rings is 1. The number of nitrogens with zero attached hydrogens (tertiary/aromatic N) is 1. The second kappa shape index (κ2) is 7.34. The molecule has 1 fully saturated rings. The first kappa shape index (κ1) is 17.1. The predicted octanol–water partition coefficient (Wildman–Crippen LogP) is 2.70. The average Bonchev–Trinajstić information content (AvgIpc) is 2.53. The van der Waals surface area contributed by atoms with Crippen LogP contribution in [0.2, 0.25) is 0 Å². The Balaban J connectivity index is 0.00000176. The van der Waals surface area contributed by atoms with Crippen LogP contribution in [0.1, 0.15) is 44.1 Å². The highest BCUT2D eigenvalue weighted by atomic mass is 35.5. The maximum Gasteiger partial charge on any atom is 0.230 e. The van der Waals surface area contributed by atoms with Gasteiger partial charge in [0.2, 0.25) is 5.91 Å². The number of rotatable bonds is 2. The van der Waals surface area contributed by atoms with Gasteiger partial charge in [-0.3, -0.25) is 4.79 Å². The maximum absolute atomic E-state index is 13.0. The summed E-state index contributed by atoms with van der Waals surface area (Å²) in [5.41, 5.74) is 7.13. The van der Waals surface area contributed by atoms with Crippen LogP contribution in [0.3, 0.4) is 0 Å². The summed E-state index contributed by atoms with van der Waals surface area (Å²) in [6.45, 7) is 3.46. The van der Waals surface area contributed by atoms with Crippen molar-refractivity contribution in [2.24, 2.45) is 5.73 Å². The van der Waals surface area contributed by atoms with Gasteiger partial charge in [0, 0.05) is 24.2 Å². The number of carbonyl (C=O) groups is 1. The van der Waals surface area contributed by atoms with Crippen molar-refractivity contribution in [3.63, 3.8) is 0 Å². The minimum Gasteiger partial charge on any atom is -0.493 e. The first-order valence-corrected chi connectivity index (χ1v) is 7.96. The summed E-state index contributed by atoms with van der Waals surface area (Å²) in [7, 11) is 0. The molecule has 3 atom stereocenters. The normalized spacial score (nSPS) is 25.5. The highest BCUT2D eigenvalue weighted by Gasteiger charge is 2.36. The Kier molecular flexibility index (Phi) is 5.70. The van der Waals surface area contributed by atoms with E-state index in [-0.39, 0.29) is 36.3 Å². The van der Waals surface area contributed by atoms with Crippen molar-refractivity contribution in [1.29, 1.82) is 0 Å². The van der Waals surface area contributed by atoms with Crippen molar-refractivity contribution in [3.05, 3.63) is 29.8 Å². The van der Waals surface area contributed by atoms with Gasteiger partial charge in [-0.2, -0.15) is 0 Å². The van der Waals surface area contributed by atoms with Gasteiger partial charge in [-0.05, 0) is 38.7 Å². The number of likely N-dealkylation sites (tertiary alicyclic amines) is 1. The predicted molar refractivity (Wildman–Crippen MR) is 89.5 cm³/mol. The minimum absolute atomic E-state index is 0. The third-order valence-corrected chi connectivity index (χ3v) is 4.70. The number of para-hydroxylation sites is 1. The fourth-order valence-electron chi connectivity index (χ4n) is 3.58. The fourth-order valence-corrected chi connectivity index (χ4v) is 3.58. The number of ether oxygens (including phenoxy) is 1. The van der Waals surface area contributed by atoms with Crippen molar-refractivity contribution in [2.75, 3.05) is 13.2 Å². The van der Waals surface area contributed by atoms with E-state index in [9.17, 15) is 4.79 Å². The van der Waals surface area contributed by atoms with E-state index in [4.69, 9.17) is 10.5 Å². The quantitative estimate of drug-likeness (QED) is 0.910. The minimum atomic E-state index is -0.0747. The van der Waals surface area contributed by atoms with Crippen LogP contribution in [0.25, 0.3) is 0 Å². The van der Waals surface area contributed by atoms with Gasteiger partial charge in [0.05, 0.1) is 12.5 Å². The SMILES string of the molecule is CC(N)C1CCCCN1C(=O)C1CCOc2ccccc21.Cl. The average molecular weight is 325 g/mol. The molecule has 5 heteroatoms. The third kappa shape index (κ3) is 3.23. The molecule has 3 unspecified atom stereocenters. The molecule has 2 aliphatic rings. The summed E-state index contributed by atoms with van der Waals surface area (Å²) in [6.07, 6.45) is 4.03. The molecule has 2 heterocycles. The number of nitrogens with two attached hydrogens (primary N) is 1. The molecule has 3 rings (SSSR count). The molecule has 0 bridgehead atoms. The molecule has 1 aromatic carbocycles. The molecule has 122 valence electrons. The first-order chi connectivity index (χ1) is 10.2. The molecule has 0 aliphatic carbocycles. The van der Waals surface area contributed by atoms with E-state index >= 15 is 0 Å². The molecule has 2 N–H and O–H groups in total. The van der Waals surface area contributed by atoms with E-state index in [1.165, 1.54) is 6.42 Å². The van der Waals surface area contributed by atoms with E-state index < -0.39 is 0 Å². The number of hydrogen-bond acceptors (Lipinski definition) is 3. The standard InChI is InChI=1S/C17H24N2O2.ClH/c1-12(18)15-7-4-5-10-19(15)17(20)14-9-11-21-16-8-3-2-6-13(14)16;/h2-3,6,8,12,14-15H,4-5,7,9-11,18H2,1H3;1H. The van der Waals surface area contributed by atoms with Gasteiger partial charge in [-0.15, -0.1) is 12.4 Å². The van der Waals surface area contributed by atoms with Gasteiger partial charge >= 0.3 is 0 Å². The molecular weight excluding hydrogens is 300 g/mol. The van der Waals surface area contributed by atoms with Crippen molar-refractivity contribution in [2.45, 2.75) is 50.6 Å². The van der Waals surface area contributed by atoms with Crippen LogP contribution in [-0.4, -0.2) is 36.0 Å². The Morgan fingerprint density at radius 3 is 2.86 bits per heavy atom. The summed E-state index contributed by atoms with van der Waals surface area (Å²) in [6, 6.07) is 8.12. The molecule has 0 aromatic heterocycles. The van der Waals surface area contributed by atoms with Crippen LogP contribution in [0, 0.1) is 0 Å². The van der Waals surface area contributed by atoms with Crippen molar-refractivity contribution in [1.82, 2.24) is 4.90 Å². The lowest BCUT2D eigenvalue weighted by Crippen LogP contribution is -2.53. The topological polar surface area (TPSA) is 55.6 Å². The van der Waals surface area contributed by atoms with Gasteiger partial charge in [-0.1, -0.05) is 18.2 Å². The van der Waals surface area contributed by atoms with Gasteiger partial charge in [-0.25, -0.2) is 0 Å². The lowest BCUT2D eigenvalue weighted by atomic mass is 9.89. The highest BCUT2D eigenvalue weighted by Crippen LogP contribution is 2.36. The van der Waals surface area contributed by atoms with E-state index in [0.29, 0.717) is 6.61 Å². The zero-order valence-corrected chi connectivity index (χ0v) is 13.8. The second-order valence-corrected chi connectivity index (χ2v) is 6.18. The lowest BCUT2D eigenvalue weighted by molar-refractivity contribution is -0.137. The number of fused-ring (bicyclic) bond motifs is 1. The molecule has 22 heavy (non-hydrogen) atoms. The molecule has 0 spiro atoms. The molecule has 0 saturated carbocycles. The van der Waals surface area contributed by atoms with Crippen LogP contribution in [0.5, 0.6) is 5.75 Å². The van der Waals surface area contributed by atoms with E-state index in [2.05, 4.69) is 0 Å². The summed E-state index contributed by atoms with van der Waals surface area (Å²) >= 11 is 0. The maximum atomic E-state index is 13.0. The Hall–Kier alpha value is -1.26. The number of carbonyl (C=O) groups excluding carboxylic acids is 1. The Labute approximate surface area is 138 Å². The van der Waals surface area contributed by atoms with Crippen molar-refractivity contribution in [3.8, 4) is 5.75 Å².